The molecule has 8 heteroatoms. The monoisotopic (exact) mass is 410 g/mol. The van der Waals surface area contributed by atoms with Crippen LogP contribution in [0.3, 0.4) is 0 Å². The molecule has 1 aromatic carbocycles. The van der Waals surface area contributed by atoms with Crippen molar-refractivity contribution < 1.29 is 13.5 Å². The van der Waals surface area contributed by atoms with Crippen LogP contribution in [0.4, 0.5) is 8.78 Å². The number of hydrogen-bond acceptors (Lipinski definition) is 5. The molecule has 3 aromatic rings. The van der Waals surface area contributed by atoms with Gasteiger partial charge in [0.05, 0.1) is 34.8 Å². The Bertz CT molecular complexity index is 1190. The molecule has 30 heavy (non-hydrogen) atoms. The summed E-state index contributed by atoms with van der Waals surface area (Å²) < 4.78 is 34.5. The molecule has 0 amide bonds. The minimum atomic E-state index is -0.662. The van der Waals surface area contributed by atoms with E-state index in [1.807, 2.05) is 0 Å². The Morgan fingerprint density at radius 2 is 1.97 bits per heavy atom. The van der Waals surface area contributed by atoms with Gasteiger partial charge in [0, 0.05) is 0 Å². The Morgan fingerprint density at radius 3 is 2.70 bits per heavy atom. The number of nitrogens with one attached hydrogen (secondary N) is 1. The molecule has 5 rings (SSSR count). The van der Waals surface area contributed by atoms with Crippen LogP contribution < -0.4 is 10.3 Å². The van der Waals surface area contributed by atoms with E-state index in [1.165, 1.54) is 30.6 Å². The summed E-state index contributed by atoms with van der Waals surface area (Å²) in [7, 11) is 0. The number of aromatic nitrogens is 4. The second-order valence-corrected chi connectivity index (χ2v) is 8.57. The number of halogens is 2. The first-order valence-corrected chi connectivity index (χ1v) is 9.83. The summed E-state index contributed by atoms with van der Waals surface area (Å²) in [5.74, 6) is -0.855. The number of benzene rings is 1. The normalized spacial score (nSPS) is 23.4. The van der Waals surface area contributed by atoms with Crippen LogP contribution >= 0.6 is 0 Å². The van der Waals surface area contributed by atoms with Crippen molar-refractivity contribution in [3.8, 4) is 17.1 Å². The average Bonchev–Trinajstić information content (AvgIpc) is 3.07. The fourth-order valence-electron chi connectivity index (χ4n) is 5.24. The van der Waals surface area contributed by atoms with E-state index >= 15 is 0 Å². The summed E-state index contributed by atoms with van der Waals surface area (Å²) in [5.41, 5.74) is 0.846. The molecule has 2 heterocycles. The predicted octanol–water partition coefficient (Wildman–Crippen LogP) is 3.74. The van der Waals surface area contributed by atoms with Gasteiger partial charge in [0.15, 0.2) is 0 Å². The maximum atomic E-state index is 14.3. The largest absolute Gasteiger partial charge is 0.477 e. The summed E-state index contributed by atoms with van der Waals surface area (Å²) in [6, 6.07) is 5.53. The summed E-state index contributed by atoms with van der Waals surface area (Å²) >= 11 is 0. The van der Waals surface area contributed by atoms with Crippen molar-refractivity contribution in [2.45, 2.75) is 38.0 Å². The van der Waals surface area contributed by atoms with Gasteiger partial charge in [0.25, 0.3) is 5.56 Å². The fourth-order valence-corrected chi connectivity index (χ4v) is 5.24. The molecule has 0 unspecified atom stereocenters. The van der Waals surface area contributed by atoms with Crippen molar-refractivity contribution in [3.63, 3.8) is 0 Å². The standard InChI is InChI=1S/C22H20F2N4O2/c1-21(2)13-6-7-22(21,11-30-18-10-25-9-17(29)26-18)20-12(13)8-16(27-28-20)19-14(23)4-3-5-15(19)24/h3-5,8-10,13H,6-7,11H2,1-2H3,(H,26,29)/t13-,22-/m0/s1. The van der Waals surface area contributed by atoms with Crippen LogP contribution in [-0.4, -0.2) is 26.8 Å². The van der Waals surface area contributed by atoms with Crippen molar-refractivity contribution in [2.24, 2.45) is 5.41 Å². The van der Waals surface area contributed by atoms with Crippen molar-refractivity contribution in [2.75, 3.05) is 6.61 Å². The molecule has 154 valence electrons. The molecule has 2 atom stereocenters. The van der Waals surface area contributed by atoms with Gasteiger partial charge in [-0.1, -0.05) is 19.9 Å². The molecule has 1 fully saturated rings. The smallest absolute Gasteiger partial charge is 0.269 e. The van der Waals surface area contributed by atoms with Gasteiger partial charge < -0.3 is 4.74 Å². The van der Waals surface area contributed by atoms with Crippen LogP contribution in [0.1, 0.15) is 43.9 Å². The molecule has 2 bridgehead atoms. The molecular weight excluding hydrogens is 390 g/mol. The lowest BCUT2D eigenvalue weighted by Crippen LogP contribution is -2.41. The Labute approximate surface area is 171 Å². The molecule has 6 nitrogen and oxygen atoms in total. The van der Waals surface area contributed by atoms with E-state index in [9.17, 15) is 13.6 Å². The van der Waals surface area contributed by atoms with Gasteiger partial charge in [-0.2, -0.15) is 5.10 Å². The van der Waals surface area contributed by atoms with E-state index in [4.69, 9.17) is 4.74 Å². The Kier molecular flexibility index (Phi) is 4.03. The van der Waals surface area contributed by atoms with Gasteiger partial charge in [-0.15, -0.1) is 5.10 Å². The van der Waals surface area contributed by atoms with Crippen LogP contribution in [-0.2, 0) is 5.41 Å². The highest BCUT2D eigenvalue weighted by Crippen LogP contribution is 2.67. The number of fused-ring (bicyclic) bond motifs is 5. The fraction of sp³-hybridized carbons (Fsp3) is 0.364. The molecular formula is C22H20F2N4O2. The van der Waals surface area contributed by atoms with E-state index in [2.05, 4.69) is 34.0 Å². The van der Waals surface area contributed by atoms with E-state index in [-0.39, 0.29) is 28.1 Å². The molecule has 0 saturated heterocycles. The molecule has 2 aliphatic rings. The second kappa shape index (κ2) is 6.42. The summed E-state index contributed by atoms with van der Waals surface area (Å²) in [4.78, 5) is 18.0. The van der Waals surface area contributed by atoms with Crippen LogP contribution in [0.15, 0.2) is 41.5 Å². The predicted molar refractivity (Wildman–Crippen MR) is 105 cm³/mol. The zero-order valence-electron chi connectivity index (χ0n) is 16.6. The minimum absolute atomic E-state index is 0.161. The average molecular weight is 410 g/mol. The maximum absolute atomic E-state index is 14.3. The van der Waals surface area contributed by atoms with Crippen molar-refractivity contribution in [3.05, 3.63) is 69.9 Å². The van der Waals surface area contributed by atoms with Gasteiger partial charge in [-0.25, -0.2) is 8.78 Å². The lowest BCUT2D eigenvalue weighted by Gasteiger charge is -2.37. The van der Waals surface area contributed by atoms with Gasteiger partial charge in [-0.3, -0.25) is 14.8 Å². The first-order valence-electron chi connectivity index (χ1n) is 9.83. The van der Waals surface area contributed by atoms with Crippen molar-refractivity contribution in [1.82, 2.24) is 20.2 Å². The second-order valence-electron chi connectivity index (χ2n) is 8.57. The highest BCUT2D eigenvalue weighted by Gasteiger charge is 2.64. The zero-order chi connectivity index (χ0) is 21.1. The molecule has 0 spiro atoms. The van der Waals surface area contributed by atoms with Crippen molar-refractivity contribution in [1.29, 1.82) is 0 Å². The Morgan fingerprint density at radius 1 is 1.20 bits per heavy atom. The molecule has 0 radical (unpaired) electrons. The van der Waals surface area contributed by atoms with E-state index < -0.39 is 17.0 Å². The lowest BCUT2D eigenvalue weighted by atomic mass is 9.69. The molecule has 0 aliphatic heterocycles. The third-order valence-corrected chi connectivity index (χ3v) is 6.94. The van der Waals surface area contributed by atoms with E-state index in [0.717, 1.165) is 24.1 Å². The number of ether oxygens (including phenoxy) is 1. The third kappa shape index (κ3) is 2.52. The van der Waals surface area contributed by atoms with Crippen LogP contribution in [0.5, 0.6) is 5.88 Å². The van der Waals surface area contributed by atoms with Crippen molar-refractivity contribution >= 4 is 0 Å². The molecule has 2 aliphatic carbocycles. The summed E-state index contributed by atoms with van der Waals surface area (Å²) in [6.07, 6.45) is 4.41. The Hall–Kier alpha value is -3.16. The molecule has 1 saturated carbocycles. The lowest BCUT2D eigenvalue weighted by molar-refractivity contribution is 0.118. The van der Waals surface area contributed by atoms with Crippen LogP contribution in [0.25, 0.3) is 11.3 Å². The minimum Gasteiger partial charge on any atom is -0.477 e. The van der Waals surface area contributed by atoms with E-state index in [1.54, 1.807) is 6.07 Å². The highest BCUT2D eigenvalue weighted by molar-refractivity contribution is 5.63. The van der Waals surface area contributed by atoms with Crippen LogP contribution in [0, 0.1) is 17.0 Å². The number of H-pyrrole nitrogens is 1. The zero-order valence-corrected chi connectivity index (χ0v) is 16.6. The van der Waals surface area contributed by atoms with Gasteiger partial charge in [-0.05, 0) is 47.9 Å². The quantitative estimate of drug-likeness (QED) is 0.709. The first-order chi connectivity index (χ1) is 14.3. The summed E-state index contributed by atoms with van der Waals surface area (Å²) in [5, 5.41) is 8.63. The SMILES string of the molecule is CC1(C)[C@H]2CC[C@]1(COc1cncc(=O)[nH]1)c1nnc(-c3c(F)cccc3F)cc12. The topological polar surface area (TPSA) is 80.8 Å². The molecule has 1 N–H and O–H groups in total. The van der Waals surface area contributed by atoms with Crippen LogP contribution in [0.2, 0.25) is 0 Å². The third-order valence-electron chi connectivity index (χ3n) is 6.94. The van der Waals surface area contributed by atoms with Gasteiger partial charge >= 0.3 is 0 Å². The van der Waals surface area contributed by atoms with Gasteiger partial charge in [0.2, 0.25) is 5.88 Å². The van der Waals surface area contributed by atoms with E-state index in [0.29, 0.717) is 12.5 Å². The number of aromatic amines is 1. The summed E-state index contributed by atoms with van der Waals surface area (Å²) in [6.45, 7) is 4.61. The number of rotatable bonds is 4. The number of hydrogen-bond donors (Lipinski definition) is 1. The number of nitrogens with zero attached hydrogens (tertiary/aromatic N) is 3. The first kappa shape index (κ1) is 18.8. The van der Waals surface area contributed by atoms with Gasteiger partial charge in [0.1, 0.15) is 18.2 Å². The maximum Gasteiger partial charge on any atom is 0.269 e. The molecule has 2 aromatic heterocycles. The highest BCUT2D eigenvalue weighted by atomic mass is 19.1. The Balaban J connectivity index is 1.56.